The quantitative estimate of drug-likeness (QED) is 0.489. The van der Waals surface area contributed by atoms with Crippen molar-refractivity contribution < 1.29 is 13.9 Å². The minimum atomic E-state index is -0.447. The molecule has 6 nitrogen and oxygen atoms in total. The molecule has 0 bridgehead atoms. The van der Waals surface area contributed by atoms with Crippen LogP contribution in [0, 0.1) is 12.7 Å². The highest BCUT2D eigenvalue weighted by Crippen LogP contribution is 2.45. The number of benzene rings is 1. The highest BCUT2D eigenvalue weighted by atomic mass is 19.1. The second kappa shape index (κ2) is 6.72. The van der Waals surface area contributed by atoms with E-state index in [4.69, 9.17) is 9.72 Å². The molecular weight excluding hydrogens is 409 g/mol. The lowest BCUT2D eigenvalue weighted by Crippen LogP contribution is -2.32. The zero-order valence-electron chi connectivity index (χ0n) is 18.3. The molecule has 164 valence electrons. The van der Waals surface area contributed by atoms with Gasteiger partial charge in [0.1, 0.15) is 12.4 Å². The molecule has 2 aromatic heterocycles. The molecule has 3 aliphatic rings. The number of fused-ring (bicyclic) bond motifs is 5. The molecule has 1 unspecified atom stereocenters. The molecule has 6 rings (SSSR count). The van der Waals surface area contributed by atoms with Crippen molar-refractivity contribution in [2.24, 2.45) is 0 Å². The molecule has 32 heavy (non-hydrogen) atoms. The Morgan fingerprint density at radius 2 is 2.06 bits per heavy atom. The van der Waals surface area contributed by atoms with Gasteiger partial charge in [0.15, 0.2) is 0 Å². The molecule has 0 saturated heterocycles. The Bertz CT molecular complexity index is 1410. The van der Waals surface area contributed by atoms with Gasteiger partial charge in [-0.25, -0.2) is 9.37 Å². The number of nitrogens with zero attached hydrogens (tertiary/aromatic N) is 2. The van der Waals surface area contributed by atoms with Crippen LogP contribution in [-0.2, 0) is 29.1 Å². The Labute approximate surface area is 184 Å². The molecular formula is C25H24FN3O3. The molecule has 0 amide bonds. The number of rotatable bonds is 2. The standard InChI is InChI=1S/C25H24FN3O3/c1-4-12-14-7-20-23-15(9-29(20)24(30)16(14)10-32-25(12)31)22-18(27-3)6-5-13-11(2)17(26)8-19(28-23)21(13)22/h7-8,12,18,27H,4-6,9-10H2,1-3H3/t12-,18?/m1/s1. The van der Waals surface area contributed by atoms with Crippen LogP contribution in [0.2, 0.25) is 0 Å². The van der Waals surface area contributed by atoms with Crippen LogP contribution in [0.3, 0.4) is 0 Å². The van der Waals surface area contributed by atoms with E-state index in [-0.39, 0.29) is 30.0 Å². The molecule has 1 N–H and O–H groups in total. The number of pyridine rings is 2. The highest BCUT2D eigenvalue weighted by molar-refractivity contribution is 5.93. The van der Waals surface area contributed by atoms with Crippen molar-refractivity contribution >= 4 is 16.9 Å². The summed E-state index contributed by atoms with van der Waals surface area (Å²) in [5.74, 6) is -0.984. The van der Waals surface area contributed by atoms with Crippen molar-refractivity contribution in [2.45, 2.75) is 58.2 Å². The van der Waals surface area contributed by atoms with Gasteiger partial charge in [-0.15, -0.1) is 0 Å². The van der Waals surface area contributed by atoms with Crippen molar-refractivity contribution in [1.82, 2.24) is 14.9 Å². The third kappa shape index (κ3) is 2.40. The molecule has 0 saturated carbocycles. The lowest BCUT2D eigenvalue weighted by molar-refractivity contribution is -0.148. The number of hydrogen-bond acceptors (Lipinski definition) is 5. The van der Waals surface area contributed by atoms with E-state index in [0.717, 1.165) is 46.2 Å². The van der Waals surface area contributed by atoms with Crippen LogP contribution < -0.4 is 10.9 Å². The number of carbonyl (C=O) groups excluding carboxylic acids is 1. The van der Waals surface area contributed by atoms with Crippen molar-refractivity contribution in [2.75, 3.05) is 7.05 Å². The number of aryl methyl sites for hydroxylation is 1. The predicted molar refractivity (Wildman–Crippen MR) is 118 cm³/mol. The minimum absolute atomic E-state index is 0.0100. The SMILES string of the molecule is CC[C@H]1C(=O)OCc2c1cc1n(c2=O)Cc2c-1nc1cc(F)c(C)c3c1c2C(NC)CC3. The minimum Gasteiger partial charge on any atom is -0.460 e. The number of esters is 1. The van der Waals surface area contributed by atoms with Gasteiger partial charge in [0.2, 0.25) is 0 Å². The summed E-state index contributed by atoms with van der Waals surface area (Å²) in [6, 6.07) is 3.56. The van der Waals surface area contributed by atoms with E-state index in [1.165, 1.54) is 6.07 Å². The number of aromatic nitrogens is 2. The first kappa shape index (κ1) is 19.6. The van der Waals surface area contributed by atoms with E-state index >= 15 is 0 Å². The summed E-state index contributed by atoms with van der Waals surface area (Å²) >= 11 is 0. The van der Waals surface area contributed by atoms with Gasteiger partial charge < -0.3 is 14.6 Å². The van der Waals surface area contributed by atoms with E-state index in [1.807, 2.05) is 27.0 Å². The molecule has 4 heterocycles. The van der Waals surface area contributed by atoms with Crippen LogP contribution in [0.15, 0.2) is 16.9 Å². The van der Waals surface area contributed by atoms with E-state index in [0.29, 0.717) is 35.3 Å². The van der Waals surface area contributed by atoms with E-state index < -0.39 is 5.92 Å². The molecule has 0 radical (unpaired) electrons. The number of ether oxygens (including phenoxy) is 1. The number of hydrogen-bond donors (Lipinski definition) is 1. The monoisotopic (exact) mass is 433 g/mol. The third-order valence-corrected chi connectivity index (χ3v) is 7.55. The smallest absolute Gasteiger partial charge is 0.313 e. The predicted octanol–water partition coefficient (Wildman–Crippen LogP) is 3.63. The van der Waals surface area contributed by atoms with Gasteiger partial charge in [0.05, 0.1) is 34.9 Å². The van der Waals surface area contributed by atoms with Crippen LogP contribution >= 0.6 is 0 Å². The van der Waals surface area contributed by atoms with Gasteiger partial charge in [0.25, 0.3) is 5.56 Å². The fraction of sp³-hybridized carbons (Fsp3) is 0.400. The summed E-state index contributed by atoms with van der Waals surface area (Å²) in [5.41, 5.74) is 7.06. The average molecular weight is 433 g/mol. The lowest BCUT2D eigenvalue weighted by atomic mass is 9.82. The molecule has 0 fully saturated rings. The van der Waals surface area contributed by atoms with Crippen LogP contribution in [0.1, 0.15) is 65.1 Å². The number of carbonyl (C=O) groups is 1. The number of cyclic esters (lactones) is 1. The molecule has 1 aliphatic carbocycles. The summed E-state index contributed by atoms with van der Waals surface area (Å²) in [5, 5.41) is 4.43. The maximum absolute atomic E-state index is 14.7. The van der Waals surface area contributed by atoms with Gasteiger partial charge in [-0.2, -0.15) is 0 Å². The summed E-state index contributed by atoms with van der Waals surface area (Å²) in [6.07, 6.45) is 2.22. The Kier molecular flexibility index (Phi) is 4.12. The van der Waals surface area contributed by atoms with Crippen LogP contribution in [-0.4, -0.2) is 22.6 Å². The Hall–Kier alpha value is -3.06. The van der Waals surface area contributed by atoms with Crippen molar-refractivity contribution in [3.63, 3.8) is 0 Å². The normalized spacial score (nSPS) is 20.7. The van der Waals surface area contributed by atoms with Gasteiger partial charge in [-0.05, 0) is 61.6 Å². The van der Waals surface area contributed by atoms with Crippen LogP contribution in [0.5, 0.6) is 0 Å². The second-order valence-corrected chi connectivity index (χ2v) is 9.01. The van der Waals surface area contributed by atoms with Gasteiger partial charge in [0, 0.05) is 23.1 Å². The summed E-state index contributed by atoms with van der Waals surface area (Å²) in [4.78, 5) is 30.7. The first-order valence-electron chi connectivity index (χ1n) is 11.2. The maximum atomic E-state index is 14.7. The summed E-state index contributed by atoms with van der Waals surface area (Å²) in [6.45, 7) is 4.18. The second-order valence-electron chi connectivity index (χ2n) is 9.01. The molecule has 1 aromatic carbocycles. The number of halogens is 1. The largest absolute Gasteiger partial charge is 0.460 e. The molecule has 3 aromatic rings. The summed E-state index contributed by atoms with van der Waals surface area (Å²) in [7, 11) is 1.94. The van der Waals surface area contributed by atoms with Gasteiger partial charge in [-0.1, -0.05) is 6.92 Å². The number of nitrogens with one attached hydrogen (secondary N) is 1. The van der Waals surface area contributed by atoms with Crippen LogP contribution in [0.25, 0.3) is 22.3 Å². The zero-order valence-corrected chi connectivity index (χ0v) is 18.3. The van der Waals surface area contributed by atoms with Crippen LogP contribution in [0.4, 0.5) is 4.39 Å². The van der Waals surface area contributed by atoms with E-state index in [1.54, 1.807) is 4.57 Å². The maximum Gasteiger partial charge on any atom is 0.313 e. The Balaban J connectivity index is 1.69. The van der Waals surface area contributed by atoms with Gasteiger partial charge in [-0.3, -0.25) is 9.59 Å². The fourth-order valence-corrected chi connectivity index (χ4v) is 5.87. The lowest BCUT2D eigenvalue weighted by Gasteiger charge is -2.28. The van der Waals surface area contributed by atoms with Crippen molar-refractivity contribution in [1.29, 1.82) is 0 Å². The zero-order chi connectivity index (χ0) is 22.3. The molecule has 7 heteroatoms. The van der Waals surface area contributed by atoms with E-state index in [2.05, 4.69) is 5.32 Å². The van der Waals surface area contributed by atoms with Crippen molar-refractivity contribution in [3.05, 3.63) is 61.7 Å². The molecule has 0 spiro atoms. The Morgan fingerprint density at radius 3 is 2.81 bits per heavy atom. The topological polar surface area (TPSA) is 73.2 Å². The third-order valence-electron chi connectivity index (χ3n) is 7.55. The average Bonchev–Trinajstić information content (AvgIpc) is 3.16. The van der Waals surface area contributed by atoms with E-state index in [9.17, 15) is 14.0 Å². The Morgan fingerprint density at radius 1 is 1.25 bits per heavy atom. The highest BCUT2D eigenvalue weighted by Gasteiger charge is 2.37. The van der Waals surface area contributed by atoms with Crippen molar-refractivity contribution in [3.8, 4) is 11.4 Å². The fourth-order valence-electron chi connectivity index (χ4n) is 5.87. The summed E-state index contributed by atoms with van der Waals surface area (Å²) < 4.78 is 21.8. The first-order chi connectivity index (χ1) is 15.4. The molecule has 2 atom stereocenters. The molecule has 2 aliphatic heterocycles. The van der Waals surface area contributed by atoms with Gasteiger partial charge >= 0.3 is 5.97 Å². The first-order valence-corrected chi connectivity index (χ1v) is 11.2.